The Labute approximate surface area is 120 Å². The summed E-state index contributed by atoms with van der Waals surface area (Å²) in [5.41, 5.74) is 1.98. The van der Waals surface area contributed by atoms with Gasteiger partial charge >= 0.3 is 0 Å². The van der Waals surface area contributed by atoms with Crippen LogP contribution in [-0.2, 0) is 0 Å². The first-order chi connectivity index (χ1) is 9.08. The van der Waals surface area contributed by atoms with Crippen molar-refractivity contribution in [2.24, 2.45) is 5.92 Å². The first kappa shape index (κ1) is 14.8. The molecule has 0 aliphatic carbocycles. The number of nitrogens with zero attached hydrogens (tertiary/aromatic N) is 1. The van der Waals surface area contributed by atoms with Crippen LogP contribution in [0.15, 0.2) is 18.2 Å². The SMILES string of the molecule is Cc1cc(C(O)C(C)CN2CCNCC2)ccc1Cl. The molecule has 0 spiro atoms. The van der Waals surface area contributed by atoms with Crippen LogP contribution in [-0.4, -0.2) is 42.7 Å². The molecule has 1 fully saturated rings. The molecule has 1 aliphatic rings. The Morgan fingerprint density at radius 3 is 2.68 bits per heavy atom. The fourth-order valence-corrected chi connectivity index (χ4v) is 2.70. The molecule has 0 radical (unpaired) electrons. The van der Waals surface area contributed by atoms with Gasteiger partial charge in [-0.3, -0.25) is 0 Å². The molecule has 0 amide bonds. The lowest BCUT2D eigenvalue weighted by Gasteiger charge is -2.31. The van der Waals surface area contributed by atoms with E-state index in [4.69, 9.17) is 11.6 Å². The number of benzene rings is 1. The zero-order valence-electron chi connectivity index (χ0n) is 11.7. The number of aliphatic hydroxyl groups excluding tert-OH is 1. The van der Waals surface area contributed by atoms with Gasteiger partial charge in [0.15, 0.2) is 0 Å². The third-order valence-corrected chi connectivity index (χ3v) is 4.24. The molecule has 2 unspecified atom stereocenters. The minimum Gasteiger partial charge on any atom is -0.388 e. The molecule has 1 saturated heterocycles. The van der Waals surface area contributed by atoms with Crippen molar-refractivity contribution in [1.29, 1.82) is 0 Å². The van der Waals surface area contributed by atoms with Crippen LogP contribution in [0.1, 0.15) is 24.2 Å². The summed E-state index contributed by atoms with van der Waals surface area (Å²) in [4.78, 5) is 2.41. The van der Waals surface area contributed by atoms with Crippen molar-refractivity contribution in [2.75, 3.05) is 32.7 Å². The third-order valence-electron chi connectivity index (χ3n) is 3.82. The standard InChI is InChI=1S/C15H23ClN2O/c1-11-9-13(3-4-14(11)16)15(19)12(2)10-18-7-5-17-6-8-18/h3-4,9,12,15,17,19H,5-8,10H2,1-2H3. The van der Waals surface area contributed by atoms with E-state index in [1.807, 2.05) is 25.1 Å². The lowest BCUT2D eigenvalue weighted by atomic mass is 9.95. The Bertz CT molecular complexity index is 419. The summed E-state index contributed by atoms with van der Waals surface area (Å²) in [7, 11) is 0. The van der Waals surface area contributed by atoms with E-state index in [0.717, 1.165) is 48.9 Å². The van der Waals surface area contributed by atoms with E-state index in [1.165, 1.54) is 0 Å². The van der Waals surface area contributed by atoms with Crippen LogP contribution in [0.5, 0.6) is 0 Å². The molecule has 1 aliphatic heterocycles. The maximum atomic E-state index is 10.4. The van der Waals surface area contributed by atoms with Gasteiger partial charge in [0.05, 0.1) is 6.10 Å². The van der Waals surface area contributed by atoms with Gasteiger partial charge in [-0.2, -0.15) is 0 Å². The number of nitrogens with one attached hydrogen (secondary N) is 1. The van der Waals surface area contributed by atoms with Crippen LogP contribution in [0.2, 0.25) is 5.02 Å². The Morgan fingerprint density at radius 2 is 2.05 bits per heavy atom. The summed E-state index contributed by atoms with van der Waals surface area (Å²) in [5, 5.41) is 14.5. The molecular weight excluding hydrogens is 260 g/mol. The van der Waals surface area contributed by atoms with Crippen LogP contribution < -0.4 is 5.32 Å². The van der Waals surface area contributed by atoms with Gasteiger partial charge in [-0.05, 0) is 30.0 Å². The second kappa shape index (κ2) is 6.71. The first-order valence-electron chi connectivity index (χ1n) is 6.95. The summed E-state index contributed by atoms with van der Waals surface area (Å²) < 4.78 is 0. The highest BCUT2D eigenvalue weighted by atomic mass is 35.5. The van der Waals surface area contributed by atoms with Crippen LogP contribution in [0.25, 0.3) is 0 Å². The van der Waals surface area contributed by atoms with Crippen molar-refractivity contribution in [3.8, 4) is 0 Å². The summed E-state index contributed by atoms with van der Waals surface area (Å²) >= 11 is 6.02. The first-order valence-corrected chi connectivity index (χ1v) is 7.33. The van der Waals surface area contributed by atoms with Crippen LogP contribution in [0, 0.1) is 12.8 Å². The van der Waals surface area contributed by atoms with Gasteiger partial charge in [0.1, 0.15) is 0 Å². The van der Waals surface area contributed by atoms with Crippen molar-refractivity contribution in [3.63, 3.8) is 0 Å². The predicted octanol–water partition coefficient (Wildman–Crippen LogP) is 2.22. The molecule has 106 valence electrons. The van der Waals surface area contributed by atoms with Gasteiger partial charge in [-0.1, -0.05) is 30.7 Å². The minimum atomic E-state index is -0.425. The van der Waals surface area contributed by atoms with Gasteiger partial charge in [-0.15, -0.1) is 0 Å². The van der Waals surface area contributed by atoms with Crippen LogP contribution >= 0.6 is 11.6 Å². The Hall–Kier alpha value is -0.610. The average molecular weight is 283 g/mol. The van der Waals surface area contributed by atoms with E-state index in [-0.39, 0.29) is 5.92 Å². The normalized spacial score (nSPS) is 20.2. The molecule has 2 atom stereocenters. The quantitative estimate of drug-likeness (QED) is 0.889. The molecule has 1 heterocycles. The number of hydrogen-bond acceptors (Lipinski definition) is 3. The van der Waals surface area contributed by atoms with Crippen LogP contribution in [0.4, 0.5) is 0 Å². The second-order valence-electron chi connectivity index (χ2n) is 5.48. The highest BCUT2D eigenvalue weighted by molar-refractivity contribution is 6.31. The number of rotatable bonds is 4. The molecule has 0 saturated carbocycles. The average Bonchev–Trinajstić information content (AvgIpc) is 2.42. The topological polar surface area (TPSA) is 35.5 Å². The maximum absolute atomic E-state index is 10.4. The lowest BCUT2D eigenvalue weighted by molar-refractivity contribution is 0.0842. The highest BCUT2D eigenvalue weighted by Crippen LogP contribution is 2.26. The van der Waals surface area contributed by atoms with Crippen molar-refractivity contribution < 1.29 is 5.11 Å². The van der Waals surface area contributed by atoms with E-state index in [2.05, 4.69) is 17.1 Å². The van der Waals surface area contributed by atoms with Crippen molar-refractivity contribution in [2.45, 2.75) is 20.0 Å². The fraction of sp³-hybridized carbons (Fsp3) is 0.600. The van der Waals surface area contributed by atoms with E-state index in [1.54, 1.807) is 0 Å². The van der Waals surface area contributed by atoms with Crippen molar-refractivity contribution >= 4 is 11.6 Å². The lowest BCUT2D eigenvalue weighted by Crippen LogP contribution is -2.45. The fourth-order valence-electron chi connectivity index (χ4n) is 2.58. The van der Waals surface area contributed by atoms with E-state index < -0.39 is 6.10 Å². The summed E-state index contributed by atoms with van der Waals surface area (Å²) in [6.45, 7) is 9.24. The molecule has 19 heavy (non-hydrogen) atoms. The Morgan fingerprint density at radius 1 is 1.37 bits per heavy atom. The highest BCUT2D eigenvalue weighted by Gasteiger charge is 2.20. The Kier molecular flexibility index (Phi) is 5.22. The van der Waals surface area contributed by atoms with E-state index in [9.17, 15) is 5.11 Å². The summed E-state index contributed by atoms with van der Waals surface area (Å²) in [6, 6.07) is 5.78. The largest absolute Gasteiger partial charge is 0.388 e. The predicted molar refractivity (Wildman–Crippen MR) is 79.6 cm³/mol. The summed E-state index contributed by atoms with van der Waals surface area (Å²) in [5.74, 6) is 0.221. The molecule has 4 heteroatoms. The number of aryl methyl sites for hydroxylation is 1. The molecule has 0 bridgehead atoms. The molecule has 1 aromatic rings. The molecule has 0 aromatic heterocycles. The second-order valence-corrected chi connectivity index (χ2v) is 5.89. The monoisotopic (exact) mass is 282 g/mol. The number of aliphatic hydroxyl groups is 1. The number of halogens is 1. The van der Waals surface area contributed by atoms with Gasteiger partial charge in [0.2, 0.25) is 0 Å². The molecule has 1 aromatic carbocycles. The maximum Gasteiger partial charge on any atom is 0.0827 e. The van der Waals surface area contributed by atoms with Gasteiger partial charge in [-0.25, -0.2) is 0 Å². The van der Waals surface area contributed by atoms with E-state index in [0.29, 0.717) is 0 Å². The zero-order chi connectivity index (χ0) is 13.8. The Balaban J connectivity index is 1.97. The smallest absolute Gasteiger partial charge is 0.0827 e. The van der Waals surface area contributed by atoms with E-state index >= 15 is 0 Å². The van der Waals surface area contributed by atoms with Crippen molar-refractivity contribution in [3.05, 3.63) is 34.3 Å². The molecule has 2 N–H and O–H groups in total. The third kappa shape index (κ3) is 3.93. The number of hydrogen-bond donors (Lipinski definition) is 2. The minimum absolute atomic E-state index is 0.221. The molecule has 2 rings (SSSR count). The molecular formula is C15H23ClN2O. The summed E-state index contributed by atoms with van der Waals surface area (Å²) in [6.07, 6.45) is -0.425. The number of piperazine rings is 1. The van der Waals surface area contributed by atoms with Crippen LogP contribution in [0.3, 0.4) is 0 Å². The zero-order valence-corrected chi connectivity index (χ0v) is 12.5. The van der Waals surface area contributed by atoms with Crippen molar-refractivity contribution in [1.82, 2.24) is 10.2 Å². The molecule has 3 nitrogen and oxygen atoms in total. The van der Waals surface area contributed by atoms with Gasteiger partial charge < -0.3 is 15.3 Å². The van der Waals surface area contributed by atoms with Gasteiger partial charge in [0.25, 0.3) is 0 Å². The van der Waals surface area contributed by atoms with Gasteiger partial charge in [0, 0.05) is 37.7 Å².